The van der Waals surface area contributed by atoms with Gasteiger partial charge in [0, 0.05) is 73.9 Å². The van der Waals surface area contributed by atoms with Gasteiger partial charge in [-0.2, -0.15) is 0 Å². The van der Waals surface area contributed by atoms with Crippen molar-refractivity contribution in [1.82, 2.24) is 0 Å². The molecular formula is C91H140Al2O13P3. The average molecular weight is 1590 g/mol. The molecule has 3 heterocycles. The summed E-state index contributed by atoms with van der Waals surface area (Å²) in [4.78, 5) is 0. The lowest BCUT2D eigenvalue weighted by atomic mass is 9.74. The highest BCUT2D eigenvalue weighted by Crippen LogP contribution is 2.64. The summed E-state index contributed by atoms with van der Waals surface area (Å²) in [5.41, 5.74) is 15.0. The van der Waals surface area contributed by atoms with Crippen LogP contribution in [0.25, 0.3) is 0 Å². The third kappa shape index (κ3) is 21.1. The Hall–Kier alpha value is -4.29. The number of fused-ring (bicyclic) bond motifs is 6. The summed E-state index contributed by atoms with van der Waals surface area (Å²) in [5.74, 6) is 4.56. The molecule has 0 saturated carbocycles. The first-order valence-electron chi connectivity index (χ1n) is 38.8. The number of rotatable bonds is 6. The van der Waals surface area contributed by atoms with Gasteiger partial charge in [-0.3, -0.25) is 0 Å². The maximum Gasteiger partial charge on any atom is 0.689 e. The average Bonchev–Trinajstić information content (AvgIpc) is 0.741. The Bertz CT molecular complexity index is 4060. The Morgan fingerprint density at radius 1 is 0.303 bits per heavy atom. The van der Waals surface area contributed by atoms with E-state index in [2.05, 4.69) is 336 Å². The number of phosphoric acid groups is 3. The first-order valence-corrected chi connectivity index (χ1v) is 46.1. The van der Waals surface area contributed by atoms with Crippen molar-refractivity contribution in [1.29, 1.82) is 0 Å². The molecule has 3 aliphatic heterocycles. The van der Waals surface area contributed by atoms with E-state index in [1.54, 1.807) is 0 Å². The molecule has 9 rings (SSSR count). The molecule has 2 N–H and O–H groups in total. The second-order valence-corrected chi connectivity index (χ2v) is 50.3. The molecule has 0 spiro atoms. The zero-order valence-electron chi connectivity index (χ0n) is 73.8. The Labute approximate surface area is 674 Å². The maximum absolute atomic E-state index is 16.0. The lowest BCUT2D eigenvalue weighted by Gasteiger charge is -2.37. The molecule has 0 bridgehead atoms. The standard InChI is InChI=1S/2C30H45O4P.C29H43O4P.CH4.CH3.2Al.H2O.H/c2*1-18-21-14-19(27(2,3)4)16-23(29(8,9)10)25(21)33-35(31,32)34-26-22(18)15-20(28(5,6)7)17-24(26)30(11,12)13;1-26(2,3)20-14-18-13-19-15-21(27(4,5)6)17-23(29(10,11)12)25(19)33-34(30,31)32-24(18)22(16-20)28(7,8)9;;;;;;/h2*14-18H,1-13H3,(H,31,32);14-17H,13H2,1-12H3,(H,30,31);1H4;1H3;;;1H2;/q;;;;;+1;+2;;/p-3. The minimum absolute atomic E-state index is 0. The molecule has 18 heteroatoms. The largest absolute Gasteiger partial charge is 0.689 e. The molecule has 6 aromatic carbocycles. The van der Waals surface area contributed by atoms with Crippen LogP contribution in [0.3, 0.4) is 0 Å². The van der Waals surface area contributed by atoms with E-state index in [0.717, 1.165) is 89.0 Å². The number of hydrogen-bond donors (Lipinski definition) is 0. The van der Waals surface area contributed by atoms with Crippen molar-refractivity contribution in [2.24, 2.45) is 0 Å². The van der Waals surface area contributed by atoms with Gasteiger partial charge in [-0.15, -0.1) is 0 Å². The van der Waals surface area contributed by atoms with E-state index in [0.29, 0.717) is 40.9 Å². The van der Waals surface area contributed by atoms with Crippen LogP contribution in [0.1, 0.15) is 383 Å². The van der Waals surface area contributed by atoms with Gasteiger partial charge in [-0.1, -0.05) is 349 Å². The van der Waals surface area contributed by atoms with E-state index in [1.165, 1.54) is 11.1 Å². The molecular weight excluding hydrogens is 1450 g/mol. The number of benzene rings is 6. The van der Waals surface area contributed by atoms with Crippen molar-refractivity contribution < 1.29 is 57.0 Å². The van der Waals surface area contributed by atoms with Crippen LogP contribution in [0, 0.1) is 0 Å². The third-order valence-corrected chi connectivity index (χ3v) is 28.4. The van der Waals surface area contributed by atoms with Crippen LogP contribution in [0.2, 0.25) is 5.79 Å². The van der Waals surface area contributed by atoms with E-state index in [9.17, 15) is 4.57 Å². The van der Waals surface area contributed by atoms with E-state index in [1.807, 2.05) is 5.79 Å². The molecule has 603 valence electrons. The van der Waals surface area contributed by atoms with E-state index >= 15 is 9.13 Å². The minimum Gasteiger partial charge on any atom is -0.412 e. The Balaban J connectivity index is 0.000000410. The first kappa shape index (κ1) is 93.6. The molecule has 13 nitrogen and oxygen atoms in total. The first-order chi connectivity index (χ1) is 47.9. The summed E-state index contributed by atoms with van der Waals surface area (Å²) in [7, 11) is -13.3. The van der Waals surface area contributed by atoms with Crippen LogP contribution in [0.5, 0.6) is 34.5 Å². The van der Waals surface area contributed by atoms with Crippen molar-refractivity contribution in [2.75, 3.05) is 0 Å². The molecule has 0 aromatic heterocycles. The minimum atomic E-state index is -4.68. The summed E-state index contributed by atoms with van der Waals surface area (Å²) >= 11 is -2.97. The van der Waals surface area contributed by atoms with E-state index < -0.39 is 76.6 Å². The predicted molar refractivity (Wildman–Crippen MR) is 460 cm³/mol. The normalized spacial score (nSPS) is 19.2. The second kappa shape index (κ2) is 31.1. The Kier molecular flexibility index (Phi) is 26.7. The van der Waals surface area contributed by atoms with E-state index in [4.69, 9.17) is 37.9 Å². The molecule has 1 radical (unpaired) electrons. The molecule has 3 aliphatic rings. The second-order valence-electron chi connectivity index (χ2n) is 43.0. The summed E-state index contributed by atoms with van der Waals surface area (Å²) < 4.78 is 105. The highest BCUT2D eigenvalue weighted by Gasteiger charge is 2.48. The third-order valence-electron chi connectivity index (χ3n) is 20.9. The van der Waals surface area contributed by atoms with Gasteiger partial charge in [0.2, 0.25) is 0 Å². The smallest absolute Gasteiger partial charge is 0.412 e. The van der Waals surface area contributed by atoms with Gasteiger partial charge >= 0.3 is 54.9 Å². The molecule has 6 aromatic rings. The zero-order valence-corrected chi connectivity index (χ0v) is 79.1. The van der Waals surface area contributed by atoms with Crippen LogP contribution in [-0.2, 0) is 95.8 Å². The Morgan fingerprint density at radius 2 is 0.486 bits per heavy atom. The fraction of sp³-hybridized carbons (Fsp3) is 0.604. The molecule has 0 unspecified atom stereocenters. The van der Waals surface area contributed by atoms with Crippen molar-refractivity contribution in [2.45, 2.75) is 360 Å². The molecule has 0 aliphatic carbocycles. The molecule has 0 fully saturated rings. The van der Waals surface area contributed by atoms with Gasteiger partial charge in [-0.05, 0) is 109 Å². The van der Waals surface area contributed by atoms with Crippen LogP contribution < -0.4 is 27.1 Å². The molecule has 0 saturated heterocycles. The van der Waals surface area contributed by atoms with Gasteiger partial charge in [0.25, 0.3) is 0 Å². The van der Waals surface area contributed by atoms with Crippen LogP contribution in [0.4, 0.5) is 0 Å². The molecule has 0 amide bonds. The van der Waals surface area contributed by atoms with Crippen LogP contribution in [-0.4, -0.2) is 36.9 Å². The molecule has 0 atom stereocenters. The fourth-order valence-electron chi connectivity index (χ4n) is 13.8. The fourth-order valence-corrected chi connectivity index (χ4v) is 20.2. The van der Waals surface area contributed by atoms with Gasteiger partial charge in [-0.25, -0.2) is 13.7 Å². The van der Waals surface area contributed by atoms with Gasteiger partial charge in [0.15, 0.2) is 0 Å². The van der Waals surface area contributed by atoms with Crippen molar-refractivity contribution in [3.05, 3.63) is 173 Å². The van der Waals surface area contributed by atoms with Gasteiger partial charge < -0.3 is 43.3 Å². The lowest BCUT2D eigenvalue weighted by molar-refractivity contribution is 0.255. The monoisotopic (exact) mass is 1590 g/mol. The lowest BCUT2D eigenvalue weighted by Crippen LogP contribution is -2.25. The Morgan fingerprint density at radius 3 is 0.670 bits per heavy atom. The number of phosphoric ester groups is 3. The summed E-state index contributed by atoms with van der Waals surface area (Å²) in [5, 5.41) is 0. The summed E-state index contributed by atoms with van der Waals surface area (Å²) in [6, 6.07) is 26.3. The maximum atomic E-state index is 16.0. The summed E-state index contributed by atoms with van der Waals surface area (Å²) in [6.07, 6.45) is 0.633. The highest BCUT2D eigenvalue weighted by atomic mass is 31.2. The molecule has 109 heavy (non-hydrogen) atoms. The highest BCUT2D eigenvalue weighted by molar-refractivity contribution is 7.52. The van der Waals surface area contributed by atoms with Crippen LogP contribution in [0.15, 0.2) is 72.8 Å². The van der Waals surface area contributed by atoms with Crippen molar-refractivity contribution in [3.8, 4) is 34.5 Å². The quantitative estimate of drug-likeness (QED) is 0.115. The number of hydrogen-bond acceptors (Lipinski definition) is 12. The van der Waals surface area contributed by atoms with Crippen molar-refractivity contribution in [3.63, 3.8) is 0 Å². The van der Waals surface area contributed by atoms with Crippen molar-refractivity contribution >= 4 is 54.9 Å². The van der Waals surface area contributed by atoms with Crippen LogP contribution >= 0.6 is 23.5 Å². The predicted octanol–water partition coefficient (Wildman–Crippen LogP) is 27.0. The topological polar surface area (TPSA) is 166 Å². The summed E-state index contributed by atoms with van der Waals surface area (Å²) in [6.45, 7) is 82.8. The zero-order chi connectivity index (χ0) is 81.5. The van der Waals surface area contributed by atoms with Gasteiger partial charge in [0.05, 0.1) is 0 Å². The van der Waals surface area contributed by atoms with E-state index in [-0.39, 0.29) is 68.1 Å². The SMILES string of the molecule is C.CC1c2cc(C(C)(C)C)cc(C(C)(C)C)c2OP(=O)([O][Al][O]P2(=O)Oc3c(cc(C(C)(C)C)cc3C(C)(C)C)C(C)c3cc(C(C)(C)C)cc(C(C)(C)C)c3O2)Oc2c1cc(C(C)(C)C)cc2C(C)(C)C.O.[CH3][AlH][O]P1(=O)Oc2c(cc(C(C)(C)C)cc2C(C)(C)C)Cc2cc(C(C)(C)C)cc(C(C)(C)C)c2O1. The van der Waals surface area contributed by atoms with Gasteiger partial charge in [0.1, 0.15) is 34.5 Å².